The van der Waals surface area contributed by atoms with E-state index < -0.39 is 70.6 Å². The SMILES string of the molecule is CN(Cc1cn(C)cn1)C(=O)[C@@H](S[C@@H]1O[C@H](CO)[C@H](O)[C@H](n2cc(-c3cc(F)c(F)c(F)c3)nn2)[C@H]1O)C(C)(C)O. The van der Waals surface area contributed by atoms with Gasteiger partial charge >= 0.3 is 0 Å². The smallest absolute Gasteiger partial charge is 0.238 e. The van der Waals surface area contributed by atoms with Crippen LogP contribution in [0.15, 0.2) is 30.9 Å². The van der Waals surface area contributed by atoms with E-state index in [0.29, 0.717) is 5.69 Å². The number of hydrogen-bond acceptors (Lipinski definition) is 10. The Kier molecular flexibility index (Phi) is 9.10. The number of hydrogen-bond donors (Lipinski definition) is 4. The molecule has 1 aliphatic rings. The molecule has 0 bridgehead atoms. The minimum Gasteiger partial charge on any atom is -0.394 e. The van der Waals surface area contributed by atoms with Gasteiger partial charge in [-0.05, 0) is 26.0 Å². The van der Waals surface area contributed by atoms with Gasteiger partial charge in [0.15, 0.2) is 17.5 Å². The third-order valence-corrected chi connectivity index (χ3v) is 8.32. The van der Waals surface area contributed by atoms with Crippen molar-refractivity contribution in [3.8, 4) is 11.3 Å². The number of benzene rings is 1. The molecule has 2 aromatic heterocycles. The predicted octanol–water partition coefficient (Wildman–Crippen LogP) is 0.607. The van der Waals surface area contributed by atoms with E-state index in [2.05, 4.69) is 15.3 Å². The highest BCUT2D eigenvalue weighted by molar-refractivity contribution is 8.01. The van der Waals surface area contributed by atoms with E-state index in [4.69, 9.17) is 4.74 Å². The van der Waals surface area contributed by atoms with Crippen LogP contribution in [0.3, 0.4) is 0 Å². The first kappa shape index (κ1) is 30.9. The summed E-state index contributed by atoms with van der Waals surface area (Å²) in [6, 6.07) is 0.151. The van der Waals surface area contributed by atoms with Crippen LogP contribution in [-0.2, 0) is 23.1 Å². The largest absolute Gasteiger partial charge is 0.394 e. The normalized spacial score (nSPS) is 23.9. The van der Waals surface area contributed by atoms with Crippen LogP contribution in [0.25, 0.3) is 11.3 Å². The second-order valence-corrected chi connectivity index (χ2v) is 11.6. The van der Waals surface area contributed by atoms with Gasteiger partial charge < -0.3 is 34.6 Å². The van der Waals surface area contributed by atoms with Crippen molar-refractivity contribution in [2.45, 2.75) is 61.0 Å². The Hall–Kier alpha value is -3.02. The molecule has 1 aliphatic heterocycles. The maximum atomic E-state index is 13.8. The van der Waals surface area contributed by atoms with E-state index in [9.17, 15) is 38.4 Å². The van der Waals surface area contributed by atoms with Crippen molar-refractivity contribution in [1.82, 2.24) is 29.4 Å². The van der Waals surface area contributed by atoms with E-state index in [1.807, 2.05) is 0 Å². The fourth-order valence-electron chi connectivity index (χ4n) is 4.48. The summed E-state index contributed by atoms with van der Waals surface area (Å²) in [6.07, 6.45) is 0.186. The van der Waals surface area contributed by atoms with Gasteiger partial charge in [-0.15, -0.1) is 16.9 Å². The molecule has 16 heteroatoms. The quantitative estimate of drug-likeness (QED) is 0.256. The number of amides is 1. The van der Waals surface area contributed by atoms with Crippen LogP contribution >= 0.6 is 11.8 Å². The Labute approximate surface area is 237 Å². The number of nitrogens with zero attached hydrogens (tertiary/aromatic N) is 6. The van der Waals surface area contributed by atoms with E-state index in [1.165, 1.54) is 32.0 Å². The van der Waals surface area contributed by atoms with Gasteiger partial charge in [0.05, 0.1) is 37.0 Å². The molecule has 1 amide bonds. The predicted molar refractivity (Wildman–Crippen MR) is 139 cm³/mol. The van der Waals surface area contributed by atoms with Crippen molar-refractivity contribution in [2.24, 2.45) is 7.05 Å². The second kappa shape index (κ2) is 12.1. The van der Waals surface area contributed by atoms with Gasteiger partial charge in [0, 0.05) is 25.9 Å². The van der Waals surface area contributed by atoms with Crippen LogP contribution in [0.4, 0.5) is 13.2 Å². The van der Waals surface area contributed by atoms with Gasteiger partial charge in [-0.25, -0.2) is 22.8 Å². The summed E-state index contributed by atoms with van der Waals surface area (Å²) < 4.78 is 49.4. The Bertz CT molecular complexity index is 1360. The van der Waals surface area contributed by atoms with Crippen molar-refractivity contribution >= 4 is 17.7 Å². The number of halogens is 3. The molecule has 0 aliphatic carbocycles. The maximum absolute atomic E-state index is 13.8. The number of aromatic nitrogens is 5. The van der Waals surface area contributed by atoms with Crippen LogP contribution in [0.5, 0.6) is 0 Å². The van der Waals surface area contributed by atoms with E-state index in [-0.39, 0.29) is 17.8 Å². The van der Waals surface area contributed by atoms with Crippen molar-refractivity contribution in [2.75, 3.05) is 13.7 Å². The summed E-state index contributed by atoms with van der Waals surface area (Å²) in [4.78, 5) is 19.0. The number of carbonyl (C=O) groups excluding carboxylic acids is 1. The number of rotatable bonds is 9. The van der Waals surface area contributed by atoms with Crippen LogP contribution in [0.1, 0.15) is 25.6 Å². The van der Waals surface area contributed by atoms with Gasteiger partial charge in [0.25, 0.3) is 0 Å². The molecule has 1 fully saturated rings. The second-order valence-electron chi connectivity index (χ2n) is 10.4. The fraction of sp³-hybridized carbons (Fsp3) is 0.520. The lowest BCUT2D eigenvalue weighted by molar-refractivity contribution is -0.179. The van der Waals surface area contributed by atoms with E-state index in [0.717, 1.165) is 28.6 Å². The number of ether oxygens (including phenoxy) is 1. The number of imidazole rings is 1. The number of aliphatic hydroxyl groups excluding tert-OH is 3. The van der Waals surface area contributed by atoms with Gasteiger partial charge in [0.1, 0.15) is 40.7 Å². The molecular formula is C25H31F3N6O6S. The zero-order valence-electron chi connectivity index (χ0n) is 22.6. The summed E-state index contributed by atoms with van der Waals surface area (Å²) in [6.45, 7) is 2.33. The topological polar surface area (TPSA) is 159 Å². The molecule has 4 N–H and O–H groups in total. The third kappa shape index (κ3) is 6.57. The minimum absolute atomic E-state index is 0.0841. The fourth-order valence-corrected chi connectivity index (χ4v) is 5.91. The number of aryl methyl sites for hydroxylation is 1. The minimum atomic E-state index is -1.65. The van der Waals surface area contributed by atoms with E-state index >= 15 is 0 Å². The molecule has 6 atom stereocenters. The van der Waals surface area contributed by atoms with Crippen molar-refractivity contribution < 1.29 is 43.1 Å². The molecule has 1 aromatic carbocycles. The molecule has 3 heterocycles. The molecule has 0 spiro atoms. The van der Waals surface area contributed by atoms with Crippen LogP contribution in [-0.4, -0.2) is 104 Å². The molecule has 0 radical (unpaired) electrons. The van der Waals surface area contributed by atoms with E-state index in [1.54, 1.807) is 24.1 Å². The lowest BCUT2D eigenvalue weighted by Gasteiger charge is -2.43. The summed E-state index contributed by atoms with van der Waals surface area (Å²) in [5, 5.41) is 49.5. The highest BCUT2D eigenvalue weighted by Crippen LogP contribution is 2.39. The lowest BCUT2D eigenvalue weighted by Crippen LogP contribution is -2.57. The van der Waals surface area contributed by atoms with Gasteiger partial charge in [-0.2, -0.15) is 0 Å². The summed E-state index contributed by atoms with van der Waals surface area (Å²) in [5.74, 6) is -5.01. The molecule has 41 heavy (non-hydrogen) atoms. The zero-order chi connectivity index (χ0) is 30.2. The zero-order valence-corrected chi connectivity index (χ0v) is 23.4. The first-order valence-corrected chi connectivity index (χ1v) is 13.4. The van der Waals surface area contributed by atoms with Crippen molar-refractivity contribution in [3.63, 3.8) is 0 Å². The number of aliphatic hydroxyl groups is 4. The molecular weight excluding hydrogens is 569 g/mol. The summed E-state index contributed by atoms with van der Waals surface area (Å²) in [5.41, 5.74) is -2.46. The van der Waals surface area contributed by atoms with Crippen LogP contribution in [0.2, 0.25) is 0 Å². The van der Waals surface area contributed by atoms with Crippen molar-refractivity contribution in [3.05, 3.63) is 54.0 Å². The van der Waals surface area contributed by atoms with Gasteiger partial charge in [-0.3, -0.25) is 4.79 Å². The third-order valence-electron chi connectivity index (χ3n) is 6.61. The highest BCUT2D eigenvalue weighted by atomic mass is 32.2. The molecule has 12 nitrogen and oxygen atoms in total. The lowest BCUT2D eigenvalue weighted by atomic mass is 9.97. The summed E-state index contributed by atoms with van der Waals surface area (Å²) in [7, 11) is 3.32. The Morgan fingerprint density at radius 2 is 1.85 bits per heavy atom. The van der Waals surface area contributed by atoms with Crippen molar-refractivity contribution in [1.29, 1.82) is 0 Å². The van der Waals surface area contributed by atoms with Crippen LogP contribution in [0, 0.1) is 17.5 Å². The first-order valence-electron chi connectivity index (χ1n) is 12.5. The maximum Gasteiger partial charge on any atom is 0.238 e. The Balaban J connectivity index is 1.59. The average molecular weight is 601 g/mol. The highest BCUT2D eigenvalue weighted by Gasteiger charge is 2.49. The van der Waals surface area contributed by atoms with Gasteiger partial charge in [0.2, 0.25) is 5.91 Å². The monoisotopic (exact) mass is 600 g/mol. The standard InChI is InChI=1S/C25H31F3N6O6S/c1-25(2,39)22(23(38)33(4)8-13-7-32(3)11-29-13)41-24-21(37)19(20(36)17(10-35)40-24)34-9-16(30-31-34)12-5-14(26)18(28)15(27)6-12/h5-7,9,11,17,19-22,24,35-37,39H,8,10H2,1-4H3/t17-,19+,20+,21-,22-,24+/m1/s1. The average Bonchev–Trinajstić information content (AvgIpc) is 3.54. The first-order chi connectivity index (χ1) is 19.2. The van der Waals surface area contributed by atoms with Gasteiger partial charge in [-0.1, -0.05) is 5.21 Å². The molecule has 4 rings (SSSR count). The number of carbonyl (C=O) groups is 1. The number of thioether (sulfide) groups is 1. The Morgan fingerprint density at radius 3 is 2.41 bits per heavy atom. The molecule has 0 unspecified atom stereocenters. The molecule has 224 valence electrons. The van der Waals surface area contributed by atoms with Crippen LogP contribution < -0.4 is 0 Å². The molecule has 0 saturated carbocycles. The molecule has 1 saturated heterocycles. The summed E-state index contributed by atoms with van der Waals surface area (Å²) >= 11 is 0.798. The molecule has 3 aromatic rings. The Morgan fingerprint density at radius 1 is 1.20 bits per heavy atom.